The number of rotatable bonds is 8. The smallest absolute Gasteiger partial charge is 0.237 e. The number of benzene rings is 1. The summed E-state index contributed by atoms with van der Waals surface area (Å²) in [5, 5.41) is 0. The molecule has 1 rings (SSSR count). The zero-order valence-corrected chi connectivity index (χ0v) is 13.0. The molecule has 0 atom stereocenters. The molecule has 6 heteroatoms. The van der Waals surface area contributed by atoms with Crippen LogP contribution in [0, 0.1) is 0 Å². The van der Waals surface area contributed by atoms with Gasteiger partial charge in [0.05, 0.1) is 13.1 Å². The third-order valence-electron chi connectivity index (χ3n) is 3.32. The summed E-state index contributed by atoms with van der Waals surface area (Å²) in [4.78, 5) is 35.1. The molecule has 0 saturated carbocycles. The Balaban J connectivity index is 2.61. The predicted molar refractivity (Wildman–Crippen MR) is 83.8 cm³/mol. The van der Waals surface area contributed by atoms with Crippen molar-refractivity contribution in [2.45, 2.75) is 32.6 Å². The lowest BCUT2D eigenvalue weighted by Crippen LogP contribution is -2.43. The molecule has 6 nitrogen and oxygen atoms in total. The van der Waals surface area contributed by atoms with Gasteiger partial charge in [-0.1, -0.05) is 38.1 Å². The van der Waals surface area contributed by atoms with Crippen LogP contribution in [0.2, 0.25) is 0 Å². The van der Waals surface area contributed by atoms with Gasteiger partial charge in [0.1, 0.15) is 0 Å². The van der Waals surface area contributed by atoms with E-state index in [1.807, 2.05) is 24.3 Å². The van der Waals surface area contributed by atoms with E-state index in [0.29, 0.717) is 12.3 Å². The molecule has 1 aromatic carbocycles. The molecule has 3 amide bonds. The van der Waals surface area contributed by atoms with Gasteiger partial charge >= 0.3 is 0 Å². The number of carbonyl (C=O) groups is 3. The fourth-order valence-electron chi connectivity index (χ4n) is 2.09. The molecular formula is C16H23N3O3. The van der Waals surface area contributed by atoms with E-state index in [4.69, 9.17) is 11.5 Å². The van der Waals surface area contributed by atoms with Gasteiger partial charge in [0.2, 0.25) is 17.7 Å². The van der Waals surface area contributed by atoms with E-state index in [1.54, 1.807) is 0 Å². The largest absolute Gasteiger partial charge is 0.368 e. The van der Waals surface area contributed by atoms with E-state index >= 15 is 0 Å². The Labute approximate surface area is 130 Å². The van der Waals surface area contributed by atoms with Gasteiger partial charge in [-0.15, -0.1) is 0 Å². The summed E-state index contributed by atoms with van der Waals surface area (Å²) in [6, 6.07) is 8.04. The summed E-state index contributed by atoms with van der Waals surface area (Å²) < 4.78 is 0. The van der Waals surface area contributed by atoms with Gasteiger partial charge in [-0.3, -0.25) is 14.4 Å². The fraction of sp³-hybridized carbons (Fsp3) is 0.438. The standard InChI is InChI=1S/C16H23N3O3/c1-11(2)13-6-3-12(4-7-13)5-8-16(22)19(9-14(17)20)10-15(18)21/h3-4,6-7,11H,5,8-10H2,1-2H3,(H2,17,20)(H2,18,21). The molecule has 4 N–H and O–H groups in total. The van der Waals surface area contributed by atoms with Crippen molar-refractivity contribution in [2.24, 2.45) is 11.5 Å². The van der Waals surface area contributed by atoms with Gasteiger partial charge in [-0.2, -0.15) is 0 Å². The Morgan fingerprint density at radius 1 is 1.00 bits per heavy atom. The molecule has 0 spiro atoms. The minimum Gasteiger partial charge on any atom is -0.368 e. The molecule has 0 aliphatic heterocycles. The van der Waals surface area contributed by atoms with E-state index in [0.717, 1.165) is 10.5 Å². The molecule has 0 fully saturated rings. The van der Waals surface area contributed by atoms with Crippen molar-refractivity contribution in [2.75, 3.05) is 13.1 Å². The Bertz CT molecular complexity index is 522. The number of amides is 3. The van der Waals surface area contributed by atoms with E-state index in [9.17, 15) is 14.4 Å². The first-order valence-corrected chi connectivity index (χ1v) is 7.22. The first-order valence-electron chi connectivity index (χ1n) is 7.22. The molecule has 0 unspecified atom stereocenters. The predicted octanol–water partition coefficient (Wildman–Crippen LogP) is 0.542. The Kier molecular flexibility index (Phi) is 6.56. The summed E-state index contributed by atoms with van der Waals surface area (Å²) in [5.41, 5.74) is 12.4. The normalized spacial score (nSPS) is 10.5. The second-order valence-electron chi connectivity index (χ2n) is 5.58. The van der Waals surface area contributed by atoms with Crippen molar-refractivity contribution in [1.29, 1.82) is 0 Å². The van der Waals surface area contributed by atoms with Crippen molar-refractivity contribution >= 4 is 17.7 Å². The monoisotopic (exact) mass is 305 g/mol. The van der Waals surface area contributed by atoms with Crippen molar-refractivity contribution in [1.82, 2.24) is 4.90 Å². The van der Waals surface area contributed by atoms with Gasteiger partial charge < -0.3 is 16.4 Å². The van der Waals surface area contributed by atoms with Crippen LogP contribution in [0.25, 0.3) is 0 Å². The topological polar surface area (TPSA) is 106 Å². The molecule has 0 aliphatic rings. The van der Waals surface area contributed by atoms with Gasteiger partial charge in [0, 0.05) is 6.42 Å². The summed E-state index contributed by atoms with van der Waals surface area (Å²) in [6.07, 6.45) is 0.729. The third-order valence-corrected chi connectivity index (χ3v) is 3.32. The lowest BCUT2D eigenvalue weighted by Gasteiger charge is -2.19. The van der Waals surface area contributed by atoms with Crippen molar-refractivity contribution < 1.29 is 14.4 Å². The minimum absolute atomic E-state index is 0.196. The molecule has 0 aromatic heterocycles. The van der Waals surface area contributed by atoms with Crippen LogP contribution in [0.15, 0.2) is 24.3 Å². The van der Waals surface area contributed by atoms with Gasteiger partial charge in [0.15, 0.2) is 0 Å². The number of primary amides is 2. The maximum Gasteiger partial charge on any atom is 0.237 e. The molecule has 0 bridgehead atoms. The molecule has 0 aliphatic carbocycles. The SMILES string of the molecule is CC(C)c1ccc(CCC(=O)N(CC(N)=O)CC(N)=O)cc1. The average molecular weight is 305 g/mol. The van der Waals surface area contributed by atoms with E-state index in [-0.39, 0.29) is 25.4 Å². The zero-order chi connectivity index (χ0) is 16.7. The number of hydrogen-bond acceptors (Lipinski definition) is 3. The maximum absolute atomic E-state index is 12.1. The number of carbonyl (C=O) groups excluding carboxylic acids is 3. The number of hydrogen-bond donors (Lipinski definition) is 2. The highest BCUT2D eigenvalue weighted by atomic mass is 16.2. The first-order chi connectivity index (χ1) is 10.3. The second kappa shape index (κ2) is 8.17. The van der Waals surface area contributed by atoms with Crippen LogP contribution in [-0.2, 0) is 20.8 Å². The molecule has 0 radical (unpaired) electrons. The second-order valence-corrected chi connectivity index (χ2v) is 5.58. The van der Waals surface area contributed by atoms with E-state index < -0.39 is 11.8 Å². The molecule has 22 heavy (non-hydrogen) atoms. The Morgan fingerprint density at radius 3 is 1.91 bits per heavy atom. The molecule has 1 aromatic rings. The van der Waals surface area contributed by atoms with Crippen molar-refractivity contribution in [3.8, 4) is 0 Å². The van der Waals surface area contributed by atoms with Crippen LogP contribution < -0.4 is 11.5 Å². The lowest BCUT2D eigenvalue weighted by molar-refractivity contribution is -0.138. The van der Waals surface area contributed by atoms with Crippen LogP contribution in [-0.4, -0.2) is 35.7 Å². The maximum atomic E-state index is 12.1. The average Bonchev–Trinajstić information content (AvgIpc) is 2.43. The van der Waals surface area contributed by atoms with Crippen LogP contribution in [0.3, 0.4) is 0 Å². The first kappa shape index (κ1) is 17.7. The van der Waals surface area contributed by atoms with E-state index in [1.165, 1.54) is 5.56 Å². The summed E-state index contributed by atoms with van der Waals surface area (Å²) in [7, 11) is 0. The Hall–Kier alpha value is -2.37. The minimum atomic E-state index is -0.670. The lowest BCUT2D eigenvalue weighted by atomic mass is 10.0. The Morgan fingerprint density at radius 2 is 1.50 bits per heavy atom. The highest BCUT2D eigenvalue weighted by Gasteiger charge is 2.17. The van der Waals surface area contributed by atoms with Crippen LogP contribution in [0.4, 0.5) is 0 Å². The van der Waals surface area contributed by atoms with Gasteiger partial charge in [0.25, 0.3) is 0 Å². The van der Waals surface area contributed by atoms with Crippen LogP contribution in [0.5, 0.6) is 0 Å². The molecular weight excluding hydrogens is 282 g/mol. The quantitative estimate of drug-likeness (QED) is 0.732. The summed E-state index contributed by atoms with van der Waals surface area (Å²) >= 11 is 0. The molecule has 0 heterocycles. The van der Waals surface area contributed by atoms with E-state index in [2.05, 4.69) is 13.8 Å². The highest BCUT2D eigenvalue weighted by molar-refractivity contribution is 5.88. The van der Waals surface area contributed by atoms with Crippen molar-refractivity contribution in [3.63, 3.8) is 0 Å². The number of aryl methyl sites for hydroxylation is 1. The molecule has 0 saturated heterocycles. The van der Waals surface area contributed by atoms with Crippen LogP contribution >= 0.6 is 0 Å². The van der Waals surface area contributed by atoms with Crippen LogP contribution in [0.1, 0.15) is 37.3 Å². The summed E-state index contributed by atoms with van der Waals surface area (Å²) in [5.74, 6) is -1.20. The van der Waals surface area contributed by atoms with Gasteiger partial charge in [-0.25, -0.2) is 0 Å². The number of nitrogens with two attached hydrogens (primary N) is 2. The zero-order valence-electron chi connectivity index (χ0n) is 13.0. The number of nitrogens with zero attached hydrogens (tertiary/aromatic N) is 1. The molecule has 120 valence electrons. The summed E-state index contributed by atoms with van der Waals surface area (Å²) in [6.45, 7) is 3.64. The highest BCUT2D eigenvalue weighted by Crippen LogP contribution is 2.15. The van der Waals surface area contributed by atoms with Gasteiger partial charge in [-0.05, 0) is 23.5 Å². The van der Waals surface area contributed by atoms with Crippen molar-refractivity contribution in [3.05, 3.63) is 35.4 Å². The fourth-order valence-corrected chi connectivity index (χ4v) is 2.09. The third kappa shape index (κ3) is 5.95.